The highest BCUT2D eigenvalue weighted by Crippen LogP contribution is 2.19. The van der Waals surface area contributed by atoms with Gasteiger partial charge in [-0.05, 0) is 30.3 Å². The van der Waals surface area contributed by atoms with E-state index in [1.807, 2.05) is 54.9 Å². The SMILES string of the molecule is CC.O=Cc1ccc(Nc2cccc(-n3ccnc3)c2)cn1. The fourth-order valence-corrected chi connectivity index (χ4v) is 1.87. The normalized spacial score (nSPS) is 9.55. The molecule has 2 heterocycles. The Hall–Kier alpha value is -2.95. The zero-order valence-electron chi connectivity index (χ0n) is 12.6. The summed E-state index contributed by atoms with van der Waals surface area (Å²) in [6.07, 6.45) is 7.73. The molecule has 0 radical (unpaired) electrons. The van der Waals surface area contributed by atoms with Crippen molar-refractivity contribution in [3.8, 4) is 5.69 Å². The molecule has 5 nitrogen and oxygen atoms in total. The topological polar surface area (TPSA) is 59.8 Å². The fraction of sp³-hybridized carbons (Fsp3) is 0.118. The molecule has 2 aromatic heterocycles. The highest BCUT2D eigenvalue weighted by Gasteiger charge is 1.99. The van der Waals surface area contributed by atoms with Crippen LogP contribution in [0, 0.1) is 0 Å². The van der Waals surface area contributed by atoms with Gasteiger partial charge in [-0.2, -0.15) is 0 Å². The summed E-state index contributed by atoms with van der Waals surface area (Å²) in [7, 11) is 0. The second-order valence-electron chi connectivity index (χ2n) is 4.23. The van der Waals surface area contributed by atoms with E-state index in [1.165, 1.54) is 0 Å². The van der Waals surface area contributed by atoms with Crippen molar-refractivity contribution >= 4 is 17.7 Å². The zero-order valence-corrected chi connectivity index (χ0v) is 12.6. The largest absolute Gasteiger partial charge is 0.354 e. The van der Waals surface area contributed by atoms with Gasteiger partial charge >= 0.3 is 0 Å². The van der Waals surface area contributed by atoms with Gasteiger partial charge in [-0.3, -0.25) is 9.78 Å². The third-order valence-corrected chi connectivity index (χ3v) is 2.84. The van der Waals surface area contributed by atoms with Gasteiger partial charge in [0.1, 0.15) is 5.69 Å². The number of nitrogens with zero attached hydrogens (tertiary/aromatic N) is 3. The van der Waals surface area contributed by atoms with E-state index in [1.54, 1.807) is 24.8 Å². The first-order valence-corrected chi connectivity index (χ1v) is 7.12. The average molecular weight is 294 g/mol. The number of pyridine rings is 1. The summed E-state index contributed by atoms with van der Waals surface area (Å²) in [5.74, 6) is 0. The van der Waals surface area contributed by atoms with E-state index in [2.05, 4.69) is 15.3 Å². The van der Waals surface area contributed by atoms with Crippen LogP contribution in [0.25, 0.3) is 5.69 Å². The maximum atomic E-state index is 10.6. The Balaban J connectivity index is 0.000000847. The van der Waals surface area contributed by atoms with Gasteiger partial charge in [0.25, 0.3) is 0 Å². The minimum Gasteiger partial charge on any atom is -0.354 e. The van der Waals surface area contributed by atoms with E-state index in [9.17, 15) is 4.79 Å². The van der Waals surface area contributed by atoms with Gasteiger partial charge in [0.2, 0.25) is 0 Å². The van der Waals surface area contributed by atoms with Crippen molar-refractivity contribution in [2.24, 2.45) is 0 Å². The number of imidazole rings is 1. The van der Waals surface area contributed by atoms with Crippen molar-refractivity contribution in [2.45, 2.75) is 13.8 Å². The number of nitrogens with one attached hydrogen (secondary N) is 1. The van der Waals surface area contributed by atoms with Crippen LogP contribution >= 0.6 is 0 Å². The van der Waals surface area contributed by atoms with E-state index < -0.39 is 0 Å². The maximum Gasteiger partial charge on any atom is 0.168 e. The monoisotopic (exact) mass is 294 g/mol. The van der Waals surface area contributed by atoms with Crippen molar-refractivity contribution in [1.29, 1.82) is 0 Å². The number of aldehydes is 1. The number of carbonyl (C=O) groups is 1. The third kappa shape index (κ3) is 3.79. The summed E-state index contributed by atoms with van der Waals surface area (Å²) in [6, 6.07) is 11.4. The molecule has 0 atom stereocenters. The third-order valence-electron chi connectivity index (χ3n) is 2.84. The van der Waals surface area contributed by atoms with Crippen LogP contribution in [0.2, 0.25) is 0 Å². The molecule has 0 fully saturated rings. The number of hydrogen-bond acceptors (Lipinski definition) is 4. The van der Waals surface area contributed by atoms with Crippen LogP contribution in [0.15, 0.2) is 61.3 Å². The number of anilines is 2. The zero-order chi connectivity index (χ0) is 15.8. The van der Waals surface area contributed by atoms with Crippen LogP contribution in [0.3, 0.4) is 0 Å². The molecule has 0 aliphatic heterocycles. The van der Waals surface area contributed by atoms with Gasteiger partial charge in [0.05, 0.1) is 18.2 Å². The molecule has 0 aliphatic carbocycles. The number of aromatic nitrogens is 3. The molecule has 0 saturated carbocycles. The van der Waals surface area contributed by atoms with Gasteiger partial charge in [0.15, 0.2) is 6.29 Å². The molecule has 0 saturated heterocycles. The number of benzene rings is 1. The van der Waals surface area contributed by atoms with Crippen molar-refractivity contribution in [2.75, 3.05) is 5.32 Å². The summed E-state index contributed by atoms with van der Waals surface area (Å²) in [5.41, 5.74) is 3.21. The minimum absolute atomic E-state index is 0.419. The maximum absolute atomic E-state index is 10.6. The quantitative estimate of drug-likeness (QED) is 0.742. The van der Waals surface area contributed by atoms with Crippen LogP contribution in [-0.4, -0.2) is 20.8 Å². The van der Waals surface area contributed by atoms with Crippen molar-refractivity contribution in [1.82, 2.24) is 14.5 Å². The summed E-state index contributed by atoms with van der Waals surface area (Å²) in [4.78, 5) is 18.6. The average Bonchev–Trinajstić information content (AvgIpc) is 3.12. The van der Waals surface area contributed by atoms with Crippen LogP contribution in [0.5, 0.6) is 0 Å². The van der Waals surface area contributed by atoms with E-state index in [-0.39, 0.29) is 0 Å². The molecular formula is C17H18N4O. The first-order chi connectivity index (χ1) is 10.8. The first-order valence-electron chi connectivity index (χ1n) is 7.12. The molecule has 1 aromatic carbocycles. The fourth-order valence-electron chi connectivity index (χ4n) is 1.87. The van der Waals surface area contributed by atoms with E-state index in [4.69, 9.17) is 0 Å². The second-order valence-corrected chi connectivity index (χ2v) is 4.23. The van der Waals surface area contributed by atoms with Crippen molar-refractivity contribution < 1.29 is 4.79 Å². The van der Waals surface area contributed by atoms with Gasteiger partial charge in [-0.25, -0.2) is 4.98 Å². The summed E-state index contributed by atoms with van der Waals surface area (Å²) < 4.78 is 1.93. The van der Waals surface area contributed by atoms with Gasteiger partial charge in [-0.1, -0.05) is 19.9 Å². The van der Waals surface area contributed by atoms with Gasteiger partial charge < -0.3 is 9.88 Å². The van der Waals surface area contributed by atoms with E-state index in [0.29, 0.717) is 5.69 Å². The lowest BCUT2D eigenvalue weighted by molar-refractivity contribution is 0.111. The van der Waals surface area contributed by atoms with Gasteiger partial charge in [0, 0.05) is 23.8 Å². The lowest BCUT2D eigenvalue weighted by Crippen LogP contribution is -1.95. The molecule has 0 bridgehead atoms. The van der Waals surface area contributed by atoms with Crippen LogP contribution in [-0.2, 0) is 0 Å². The summed E-state index contributed by atoms with van der Waals surface area (Å²) in [5, 5.41) is 3.25. The van der Waals surface area contributed by atoms with Gasteiger partial charge in [-0.15, -0.1) is 0 Å². The molecule has 0 spiro atoms. The number of carbonyl (C=O) groups excluding carboxylic acids is 1. The Morgan fingerprint density at radius 3 is 2.64 bits per heavy atom. The standard InChI is InChI=1S/C15H12N4O.C2H6/c20-10-14-5-4-13(9-17-14)18-12-2-1-3-15(8-12)19-7-6-16-11-19;1-2/h1-11,18H;1-2H3. The number of hydrogen-bond donors (Lipinski definition) is 1. The minimum atomic E-state index is 0.419. The Kier molecular flexibility index (Phi) is 5.43. The summed E-state index contributed by atoms with van der Waals surface area (Å²) in [6.45, 7) is 4.00. The molecule has 0 unspecified atom stereocenters. The highest BCUT2D eigenvalue weighted by atomic mass is 16.1. The van der Waals surface area contributed by atoms with Crippen LogP contribution in [0.1, 0.15) is 24.3 Å². The number of rotatable bonds is 4. The van der Waals surface area contributed by atoms with Crippen molar-refractivity contribution in [3.05, 3.63) is 67.0 Å². The molecule has 3 rings (SSSR count). The van der Waals surface area contributed by atoms with E-state index in [0.717, 1.165) is 23.3 Å². The van der Waals surface area contributed by atoms with Crippen LogP contribution in [0.4, 0.5) is 11.4 Å². The molecular weight excluding hydrogens is 276 g/mol. The Labute approximate surface area is 129 Å². The summed E-state index contributed by atoms with van der Waals surface area (Å²) >= 11 is 0. The highest BCUT2D eigenvalue weighted by molar-refractivity contribution is 5.72. The lowest BCUT2D eigenvalue weighted by Gasteiger charge is -2.08. The molecule has 22 heavy (non-hydrogen) atoms. The van der Waals surface area contributed by atoms with Crippen molar-refractivity contribution in [3.63, 3.8) is 0 Å². The lowest BCUT2D eigenvalue weighted by atomic mass is 10.2. The molecule has 3 aromatic rings. The predicted molar refractivity (Wildman–Crippen MR) is 87.8 cm³/mol. The Bertz CT molecular complexity index is 706. The molecule has 0 aliphatic rings. The first kappa shape index (κ1) is 15.4. The smallest absolute Gasteiger partial charge is 0.168 e. The van der Waals surface area contributed by atoms with Crippen LogP contribution < -0.4 is 5.32 Å². The predicted octanol–water partition coefficient (Wildman–Crippen LogP) is 3.85. The molecule has 5 heteroatoms. The molecule has 112 valence electrons. The Morgan fingerprint density at radius 1 is 1.14 bits per heavy atom. The second kappa shape index (κ2) is 7.73. The molecule has 0 amide bonds. The molecule has 1 N–H and O–H groups in total. The van der Waals surface area contributed by atoms with E-state index >= 15 is 0 Å². The Morgan fingerprint density at radius 2 is 2.00 bits per heavy atom.